The summed E-state index contributed by atoms with van der Waals surface area (Å²) in [5.41, 5.74) is 0.928. The van der Waals surface area contributed by atoms with Gasteiger partial charge in [-0.2, -0.15) is 4.31 Å². The largest absolute Gasteiger partial charge is 0.443 e. The van der Waals surface area contributed by atoms with Crippen molar-refractivity contribution in [2.75, 3.05) is 6.61 Å². The van der Waals surface area contributed by atoms with E-state index in [1.54, 1.807) is 12.1 Å². The molecule has 1 N–H and O–H groups in total. The molecule has 1 aliphatic carbocycles. The summed E-state index contributed by atoms with van der Waals surface area (Å²) >= 11 is 0. The molecule has 1 heterocycles. The van der Waals surface area contributed by atoms with Crippen LogP contribution < -0.4 is 0 Å². The average Bonchev–Trinajstić information content (AvgIpc) is 2.93. The summed E-state index contributed by atoms with van der Waals surface area (Å²) in [6.07, 6.45) is 3.57. The summed E-state index contributed by atoms with van der Waals surface area (Å²) in [7, 11) is -4.04. The van der Waals surface area contributed by atoms with Crippen molar-refractivity contribution in [3.63, 3.8) is 0 Å². The van der Waals surface area contributed by atoms with E-state index in [4.69, 9.17) is 4.74 Å². The minimum absolute atomic E-state index is 0.0350. The van der Waals surface area contributed by atoms with Gasteiger partial charge in [0.25, 0.3) is 10.0 Å². The third-order valence-corrected chi connectivity index (χ3v) is 6.78. The lowest BCUT2D eigenvalue weighted by Gasteiger charge is -2.30. The first-order chi connectivity index (χ1) is 11.4. The highest BCUT2D eigenvalue weighted by Crippen LogP contribution is 2.36. The molecule has 2 aliphatic rings. The Hall–Kier alpha value is -1.60. The number of sulfonamides is 1. The highest BCUT2D eigenvalue weighted by molar-refractivity contribution is 7.89. The van der Waals surface area contributed by atoms with Crippen molar-refractivity contribution in [1.29, 1.82) is 0 Å². The van der Waals surface area contributed by atoms with Crippen molar-refractivity contribution in [3.05, 3.63) is 29.8 Å². The fraction of sp³-hybridized carbons (Fsp3) is 0.588. The van der Waals surface area contributed by atoms with E-state index in [1.165, 1.54) is 12.1 Å². The number of ether oxygens (including phenoxy) is 1. The molecule has 0 aromatic heterocycles. The van der Waals surface area contributed by atoms with Crippen LogP contribution in [0, 0.1) is 12.8 Å². The third-order valence-electron chi connectivity index (χ3n) is 4.98. The van der Waals surface area contributed by atoms with Crippen LogP contribution in [0.1, 0.15) is 37.7 Å². The Kier molecular flexibility index (Phi) is 4.83. The minimum Gasteiger partial charge on any atom is -0.443 e. The maximum Gasteiger partial charge on any atom is 0.424 e. The standard InChI is InChI=1S/C17H23NO5S/c1-12-7-9-14(10-8-12)24(21,22)18-15(11-19)16(23-17(18)20)13-5-3-2-4-6-13/h7-10,13,15-16,19H,2-6,11H2,1H3/t15-,16-/m1/s1. The fourth-order valence-electron chi connectivity index (χ4n) is 3.67. The monoisotopic (exact) mass is 353 g/mol. The van der Waals surface area contributed by atoms with Gasteiger partial charge in [0.15, 0.2) is 0 Å². The summed E-state index contributed by atoms with van der Waals surface area (Å²) < 4.78 is 31.9. The number of amides is 1. The van der Waals surface area contributed by atoms with Crippen LogP contribution in [0.5, 0.6) is 0 Å². The van der Waals surface area contributed by atoms with Crippen molar-refractivity contribution >= 4 is 16.1 Å². The second-order valence-electron chi connectivity index (χ2n) is 6.61. The van der Waals surface area contributed by atoms with Crippen LogP contribution in [-0.2, 0) is 14.8 Å². The van der Waals surface area contributed by atoms with Crippen LogP contribution in [0.25, 0.3) is 0 Å². The number of benzene rings is 1. The van der Waals surface area contributed by atoms with Gasteiger partial charge in [-0.15, -0.1) is 0 Å². The van der Waals surface area contributed by atoms with E-state index in [0.717, 1.165) is 42.0 Å². The summed E-state index contributed by atoms with van der Waals surface area (Å²) in [5, 5.41) is 9.77. The van der Waals surface area contributed by atoms with Crippen molar-refractivity contribution in [2.24, 2.45) is 5.92 Å². The molecule has 0 spiro atoms. The van der Waals surface area contributed by atoms with Crippen LogP contribution >= 0.6 is 0 Å². The quantitative estimate of drug-likeness (QED) is 0.899. The zero-order valence-corrected chi connectivity index (χ0v) is 14.5. The van der Waals surface area contributed by atoms with Crippen LogP contribution in [-0.4, -0.2) is 42.7 Å². The highest BCUT2D eigenvalue weighted by atomic mass is 32.2. The number of rotatable bonds is 4. The molecular weight excluding hydrogens is 330 g/mol. The Bertz CT molecular complexity index is 694. The van der Waals surface area contributed by atoms with E-state index in [0.29, 0.717) is 0 Å². The maximum atomic E-state index is 12.9. The maximum absolute atomic E-state index is 12.9. The van der Waals surface area contributed by atoms with Gasteiger partial charge >= 0.3 is 6.09 Å². The van der Waals surface area contributed by atoms with Gasteiger partial charge < -0.3 is 9.84 Å². The molecular formula is C17H23NO5S. The smallest absolute Gasteiger partial charge is 0.424 e. The molecule has 0 radical (unpaired) electrons. The number of carbonyl (C=O) groups excluding carboxylic acids is 1. The van der Waals surface area contributed by atoms with Crippen molar-refractivity contribution in [3.8, 4) is 0 Å². The first-order valence-corrected chi connectivity index (χ1v) is 9.81. The second kappa shape index (κ2) is 6.72. The molecule has 24 heavy (non-hydrogen) atoms. The van der Waals surface area contributed by atoms with Gasteiger partial charge in [0, 0.05) is 0 Å². The summed E-state index contributed by atoms with van der Waals surface area (Å²) in [5.74, 6) is 0.109. The Morgan fingerprint density at radius 2 is 1.79 bits per heavy atom. The van der Waals surface area contributed by atoms with Gasteiger partial charge in [-0.1, -0.05) is 37.0 Å². The predicted octanol–water partition coefficient (Wildman–Crippen LogP) is 2.45. The topological polar surface area (TPSA) is 83.9 Å². The van der Waals surface area contributed by atoms with Gasteiger partial charge in [-0.25, -0.2) is 13.2 Å². The normalized spacial score (nSPS) is 25.8. The molecule has 132 valence electrons. The Balaban J connectivity index is 1.91. The number of hydrogen-bond acceptors (Lipinski definition) is 5. The van der Waals surface area contributed by atoms with Crippen LogP contribution in [0.4, 0.5) is 4.79 Å². The number of aliphatic hydroxyl groups is 1. The molecule has 1 aliphatic heterocycles. The summed E-state index contributed by atoms with van der Waals surface area (Å²) in [4.78, 5) is 12.3. The van der Waals surface area contributed by atoms with E-state index in [9.17, 15) is 18.3 Å². The van der Waals surface area contributed by atoms with Crippen LogP contribution in [0.3, 0.4) is 0 Å². The lowest BCUT2D eigenvalue weighted by atomic mass is 9.83. The van der Waals surface area contributed by atoms with Gasteiger partial charge in [0.1, 0.15) is 12.1 Å². The first-order valence-electron chi connectivity index (χ1n) is 8.37. The molecule has 3 rings (SSSR count). The molecule has 2 fully saturated rings. The molecule has 7 heteroatoms. The van der Waals surface area contributed by atoms with Crippen molar-refractivity contribution < 1.29 is 23.1 Å². The molecule has 0 bridgehead atoms. The number of aryl methyl sites for hydroxylation is 1. The van der Waals surface area contributed by atoms with Crippen molar-refractivity contribution in [2.45, 2.75) is 56.1 Å². The number of carbonyl (C=O) groups is 1. The SMILES string of the molecule is Cc1ccc(S(=O)(=O)N2C(=O)O[C@H](C3CCCCC3)[C@H]2CO)cc1. The first kappa shape index (κ1) is 17.2. The number of nitrogens with zero attached hydrogens (tertiary/aromatic N) is 1. The molecule has 1 saturated carbocycles. The lowest BCUT2D eigenvalue weighted by Crippen LogP contribution is -2.45. The molecule has 2 atom stereocenters. The van der Waals surface area contributed by atoms with E-state index in [2.05, 4.69) is 0 Å². The molecule has 0 unspecified atom stereocenters. The molecule has 1 aromatic carbocycles. The van der Waals surface area contributed by atoms with Gasteiger partial charge in [0.05, 0.1) is 11.5 Å². The van der Waals surface area contributed by atoms with Crippen LogP contribution in [0.2, 0.25) is 0 Å². The second-order valence-corrected chi connectivity index (χ2v) is 8.43. The molecule has 1 saturated heterocycles. The third kappa shape index (κ3) is 3.02. The molecule has 1 amide bonds. The van der Waals surface area contributed by atoms with E-state index in [-0.39, 0.29) is 10.8 Å². The number of cyclic esters (lactones) is 1. The summed E-state index contributed by atoms with van der Waals surface area (Å²) in [6, 6.07) is 5.45. The minimum atomic E-state index is -4.04. The predicted molar refractivity (Wildman–Crippen MR) is 87.9 cm³/mol. The number of hydrogen-bond donors (Lipinski definition) is 1. The Morgan fingerprint density at radius 1 is 1.17 bits per heavy atom. The van der Waals surface area contributed by atoms with E-state index in [1.807, 2.05) is 6.92 Å². The van der Waals surface area contributed by atoms with Gasteiger partial charge in [-0.3, -0.25) is 0 Å². The number of aliphatic hydroxyl groups excluding tert-OH is 1. The zero-order chi connectivity index (χ0) is 17.3. The van der Waals surface area contributed by atoms with Gasteiger partial charge in [-0.05, 0) is 37.8 Å². The fourth-order valence-corrected chi connectivity index (χ4v) is 5.16. The van der Waals surface area contributed by atoms with E-state index >= 15 is 0 Å². The van der Waals surface area contributed by atoms with E-state index < -0.39 is 34.9 Å². The Morgan fingerprint density at radius 3 is 2.38 bits per heavy atom. The van der Waals surface area contributed by atoms with Crippen molar-refractivity contribution in [1.82, 2.24) is 4.31 Å². The average molecular weight is 353 g/mol. The molecule has 6 nitrogen and oxygen atoms in total. The van der Waals surface area contributed by atoms with Gasteiger partial charge in [0.2, 0.25) is 0 Å². The molecule has 1 aromatic rings. The zero-order valence-electron chi connectivity index (χ0n) is 13.7. The highest BCUT2D eigenvalue weighted by Gasteiger charge is 2.51. The van der Waals surface area contributed by atoms with Crippen LogP contribution in [0.15, 0.2) is 29.2 Å². The summed E-state index contributed by atoms with van der Waals surface area (Å²) in [6.45, 7) is 1.42. The Labute approximate surface area is 142 Å². The lowest BCUT2D eigenvalue weighted by molar-refractivity contribution is 0.0597.